The number of rotatable bonds is 3. The van der Waals surface area contributed by atoms with Crippen LogP contribution >= 0.6 is 0 Å². The summed E-state index contributed by atoms with van der Waals surface area (Å²) in [5, 5.41) is 0. The molecule has 2 N–H and O–H groups in total. The van der Waals surface area contributed by atoms with Gasteiger partial charge in [-0.3, -0.25) is 14.6 Å². The summed E-state index contributed by atoms with van der Waals surface area (Å²) in [7, 11) is 0. The fourth-order valence-electron chi connectivity index (χ4n) is 2.39. The second-order valence-corrected chi connectivity index (χ2v) is 5.12. The highest BCUT2D eigenvalue weighted by Crippen LogP contribution is 2.12. The summed E-state index contributed by atoms with van der Waals surface area (Å²) < 4.78 is 0. The van der Waals surface area contributed by atoms with Crippen molar-refractivity contribution >= 4 is 17.8 Å². The molecule has 2 aromatic rings. The Labute approximate surface area is 133 Å². The zero-order chi connectivity index (χ0) is 16.2. The molecule has 0 aliphatic carbocycles. The van der Waals surface area contributed by atoms with Crippen LogP contribution in [0.2, 0.25) is 0 Å². The first-order chi connectivity index (χ1) is 11.1. The van der Waals surface area contributed by atoms with Crippen molar-refractivity contribution in [1.29, 1.82) is 0 Å². The van der Waals surface area contributed by atoms with E-state index in [1.807, 2.05) is 4.90 Å². The third kappa shape index (κ3) is 3.25. The van der Waals surface area contributed by atoms with E-state index in [-0.39, 0.29) is 11.5 Å². The first-order valence-corrected chi connectivity index (χ1v) is 7.22. The van der Waals surface area contributed by atoms with Crippen molar-refractivity contribution in [2.75, 3.05) is 31.1 Å². The molecule has 0 radical (unpaired) electrons. The molecule has 8 heteroatoms. The van der Waals surface area contributed by atoms with Crippen molar-refractivity contribution in [1.82, 2.24) is 19.9 Å². The van der Waals surface area contributed by atoms with E-state index >= 15 is 0 Å². The lowest BCUT2D eigenvalue weighted by Gasteiger charge is -2.34. The van der Waals surface area contributed by atoms with Crippen LogP contribution in [0.1, 0.15) is 20.8 Å². The molecule has 1 aliphatic rings. The van der Waals surface area contributed by atoms with Crippen LogP contribution in [0.25, 0.3) is 0 Å². The van der Waals surface area contributed by atoms with Gasteiger partial charge in [-0.1, -0.05) is 0 Å². The Kier molecular flexibility index (Phi) is 4.13. The SMILES string of the molecule is NC(=O)c1ccc(C(=O)N2CCN(c3ncccn3)CC2)nc1. The molecule has 0 saturated carbocycles. The second-order valence-electron chi connectivity index (χ2n) is 5.12. The van der Waals surface area contributed by atoms with Crippen molar-refractivity contribution < 1.29 is 9.59 Å². The summed E-state index contributed by atoms with van der Waals surface area (Å²) in [5.41, 5.74) is 5.75. The van der Waals surface area contributed by atoms with Crippen LogP contribution in [0.5, 0.6) is 0 Å². The highest BCUT2D eigenvalue weighted by atomic mass is 16.2. The van der Waals surface area contributed by atoms with Gasteiger partial charge in [-0.2, -0.15) is 0 Å². The molecule has 0 spiro atoms. The maximum absolute atomic E-state index is 12.4. The molecule has 2 aromatic heterocycles. The summed E-state index contributed by atoms with van der Waals surface area (Å²) in [6, 6.07) is 4.80. The zero-order valence-corrected chi connectivity index (χ0v) is 12.4. The topological polar surface area (TPSA) is 105 Å². The van der Waals surface area contributed by atoms with Gasteiger partial charge in [0.1, 0.15) is 5.69 Å². The second kappa shape index (κ2) is 6.39. The Bertz CT molecular complexity index is 696. The summed E-state index contributed by atoms with van der Waals surface area (Å²) in [5.74, 6) is -0.0499. The first-order valence-electron chi connectivity index (χ1n) is 7.22. The molecule has 0 bridgehead atoms. The number of carbonyl (C=O) groups excluding carboxylic acids is 2. The van der Waals surface area contributed by atoms with Crippen LogP contribution in [-0.4, -0.2) is 57.8 Å². The van der Waals surface area contributed by atoms with Gasteiger partial charge in [0, 0.05) is 44.8 Å². The summed E-state index contributed by atoms with van der Waals surface area (Å²) in [6.45, 7) is 2.46. The minimum atomic E-state index is -0.562. The monoisotopic (exact) mass is 312 g/mol. The van der Waals surface area contributed by atoms with E-state index in [4.69, 9.17) is 5.73 Å². The van der Waals surface area contributed by atoms with E-state index in [0.717, 1.165) is 0 Å². The third-order valence-corrected chi connectivity index (χ3v) is 3.67. The van der Waals surface area contributed by atoms with Gasteiger partial charge < -0.3 is 15.5 Å². The fourth-order valence-corrected chi connectivity index (χ4v) is 2.39. The Morgan fingerprint density at radius 3 is 2.26 bits per heavy atom. The molecular formula is C15H16N6O2. The van der Waals surface area contributed by atoms with Crippen LogP contribution in [0.15, 0.2) is 36.8 Å². The number of nitrogens with zero attached hydrogens (tertiary/aromatic N) is 5. The maximum Gasteiger partial charge on any atom is 0.272 e. The molecule has 3 rings (SSSR count). The normalized spacial score (nSPS) is 14.6. The van der Waals surface area contributed by atoms with Gasteiger partial charge in [0.2, 0.25) is 11.9 Å². The van der Waals surface area contributed by atoms with E-state index in [1.165, 1.54) is 18.3 Å². The number of carbonyl (C=O) groups is 2. The molecule has 1 fully saturated rings. The van der Waals surface area contributed by atoms with E-state index in [2.05, 4.69) is 15.0 Å². The highest BCUT2D eigenvalue weighted by molar-refractivity contribution is 5.95. The largest absolute Gasteiger partial charge is 0.366 e. The number of aromatic nitrogens is 3. The van der Waals surface area contributed by atoms with Gasteiger partial charge >= 0.3 is 0 Å². The number of hydrogen-bond donors (Lipinski definition) is 1. The van der Waals surface area contributed by atoms with E-state index in [0.29, 0.717) is 37.8 Å². The number of hydrogen-bond acceptors (Lipinski definition) is 6. The minimum Gasteiger partial charge on any atom is -0.366 e. The highest BCUT2D eigenvalue weighted by Gasteiger charge is 2.24. The smallest absolute Gasteiger partial charge is 0.272 e. The molecule has 2 amide bonds. The average molecular weight is 312 g/mol. The summed E-state index contributed by atoms with van der Waals surface area (Å²) in [4.78, 5) is 39.7. The lowest BCUT2D eigenvalue weighted by Crippen LogP contribution is -2.49. The predicted molar refractivity (Wildman–Crippen MR) is 82.9 cm³/mol. The quantitative estimate of drug-likeness (QED) is 0.850. The average Bonchev–Trinajstić information content (AvgIpc) is 2.62. The van der Waals surface area contributed by atoms with Gasteiger partial charge in [-0.05, 0) is 18.2 Å². The Morgan fingerprint density at radius 1 is 1.00 bits per heavy atom. The molecule has 0 atom stereocenters. The van der Waals surface area contributed by atoms with Crippen LogP contribution < -0.4 is 10.6 Å². The lowest BCUT2D eigenvalue weighted by atomic mass is 10.2. The molecule has 118 valence electrons. The molecule has 0 aromatic carbocycles. The maximum atomic E-state index is 12.4. The number of anilines is 1. The van der Waals surface area contributed by atoms with E-state index in [1.54, 1.807) is 23.4 Å². The number of pyridine rings is 1. The molecule has 0 unspecified atom stereocenters. The van der Waals surface area contributed by atoms with Crippen molar-refractivity contribution in [2.24, 2.45) is 5.73 Å². The number of nitrogens with two attached hydrogens (primary N) is 1. The number of piperazine rings is 1. The Balaban J connectivity index is 1.63. The molecule has 23 heavy (non-hydrogen) atoms. The van der Waals surface area contributed by atoms with Crippen molar-refractivity contribution in [3.8, 4) is 0 Å². The number of amides is 2. The summed E-state index contributed by atoms with van der Waals surface area (Å²) >= 11 is 0. The van der Waals surface area contributed by atoms with E-state index < -0.39 is 5.91 Å². The molecule has 1 saturated heterocycles. The van der Waals surface area contributed by atoms with Crippen molar-refractivity contribution in [3.63, 3.8) is 0 Å². The van der Waals surface area contributed by atoms with Gasteiger partial charge in [0.05, 0.1) is 5.56 Å². The van der Waals surface area contributed by atoms with Crippen LogP contribution in [0, 0.1) is 0 Å². The van der Waals surface area contributed by atoms with Gasteiger partial charge in [-0.25, -0.2) is 9.97 Å². The molecule has 3 heterocycles. The standard InChI is InChI=1S/C15H16N6O2/c16-13(22)11-2-3-12(19-10-11)14(23)20-6-8-21(9-7-20)15-17-4-1-5-18-15/h1-5,10H,6-9H2,(H2,16,22). The van der Waals surface area contributed by atoms with Crippen molar-refractivity contribution in [3.05, 3.63) is 48.0 Å². The van der Waals surface area contributed by atoms with Gasteiger partial charge in [-0.15, -0.1) is 0 Å². The minimum absolute atomic E-state index is 0.158. The summed E-state index contributed by atoms with van der Waals surface area (Å²) in [6.07, 6.45) is 4.72. The fraction of sp³-hybridized carbons (Fsp3) is 0.267. The van der Waals surface area contributed by atoms with Gasteiger partial charge in [0.15, 0.2) is 0 Å². The van der Waals surface area contributed by atoms with Crippen LogP contribution in [0.4, 0.5) is 5.95 Å². The van der Waals surface area contributed by atoms with Gasteiger partial charge in [0.25, 0.3) is 5.91 Å². The number of primary amides is 1. The molecule has 1 aliphatic heterocycles. The van der Waals surface area contributed by atoms with Crippen LogP contribution in [0.3, 0.4) is 0 Å². The predicted octanol–water partition coefficient (Wildman–Crippen LogP) is -0.0671. The zero-order valence-electron chi connectivity index (χ0n) is 12.4. The van der Waals surface area contributed by atoms with Crippen LogP contribution in [-0.2, 0) is 0 Å². The third-order valence-electron chi connectivity index (χ3n) is 3.67. The van der Waals surface area contributed by atoms with Crippen molar-refractivity contribution in [2.45, 2.75) is 0 Å². The lowest BCUT2D eigenvalue weighted by molar-refractivity contribution is 0.0739. The Hall–Kier alpha value is -3.03. The molecular weight excluding hydrogens is 296 g/mol. The molecule has 8 nitrogen and oxygen atoms in total. The van der Waals surface area contributed by atoms with E-state index in [9.17, 15) is 9.59 Å². The first kappa shape index (κ1) is 14.9. The Morgan fingerprint density at radius 2 is 1.70 bits per heavy atom.